The molecule has 0 spiro atoms. The molecule has 0 aliphatic carbocycles. The van der Waals surface area contributed by atoms with Crippen molar-refractivity contribution in [1.82, 2.24) is 4.98 Å². The fraction of sp³-hybridized carbons (Fsp3) is 0.500. The van der Waals surface area contributed by atoms with Gasteiger partial charge in [0.15, 0.2) is 0 Å². The average Bonchev–Trinajstić information content (AvgIpc) is 2.60. The molecule has 0 atom stereocenters. The lowest BCUT2D eigenvalue weighted by Crippen LogP contribution is -1.90. The lowest BCUT2D eigenvalue weighted by atomic mass is 10.0. The molecule has 1 aromatic heterocycles. The molecule has 2 rings (SSSR count). The third kappa shape index (κ3) is 6.17. The van der Waals surface area contributed by atoms with Gasteiger partial charge in [-0.05, 0) is 36.5 Å². The highest BCUT2D eigenvalue weighted by molar-refractivity contribution is 5.59. The number of benzene rings is 1. The van der Waals surface area contributed by atoms with Crippen LogP contribution in [0.1, 0.15) is 69.9 Å². The summed E-state index contributed by atoms with van der Waals surface area (Å²) >= 11 is 0. The summed E-state index contributed by atoms with van der Waals surface area (Å²) in [6.07, 6.45) is 13.7. The van der Waals surface area contributed by atoms with Gasteiger partial charge in [0.25, 0.3) is 0 Å². The van der Waals surface area contributed by atoms with E-state index < -0.39 is 0 Å². The van der Waals surface area contributed by atoms with Crippen molar-refractivity contribution in [1.29, 1.82) is 0 Å². The maximum atomic E-state index is 4.60. The van der Waals surface area contributed by atoms with Gasteiger partial charge in [0, 0.05) is 11.8 Å². The molecule has 1 heterocycles. The van der Waals surface area contributed by atoms with Crippen LogP contribution in [0.3, 0.4) is 0 Å². The number of nitrogens with zero attached hydrogens (tertiary/aromatic N) is 1. The minimum Gasteiger partial charge on any atom is -0.256 e. The van der Waals surface area contributed by atoms with Crippen molar-refractivity contribution in [2.24, 2.45) is 0 Å². The molecular weight excluding hydrogens is 278 g/mol. The summed E-state index contributed by atoms with van der Waals surface area (Å²) in [4.78, 5) is 4.60. The highest BCUT2D eigenvalue weighted by Gasteiger charge is 2.01. The molecule has 23 heavy (non-hydrogen) atoms. The molecule has 0 unspecified atom stereocenters. The Labute approximate surface area is 142 Å². The fourth-order valence-corrected chi connectivity index (χ4v) is 2.98. The minimum atomic E-state index is 1.08. The molecule has 1 aromatic carbocycles. The zero-order chi connectivity index (χ0) is 16.3. The van der Waals surface area contributed by atoms with Crippen molar-refractivity contribution in [2.45, 2.75) is 71.6 Å². The predicted octanol–water partition coefficient (Wildman–Crippen LogP) is 6.60. The van der Waals surface area contributed by atoms with E-state index in [0.29, 0.717) is 0 Å². The Morgan fingerprint density at radius 2 is 1.35 bits per heavy atom. The van der Waals surface area contributed by atoms with Crippen molar-refractivity contribution < 1.29 is 0 Å². The quantitative estimate of drug-likeness (QED) is 0.450. The average molecular weight is 309 g/mol. The smallest absolute Gasteiger partial charge is 0.0702 e. The van der Waals surface area contributed by atoms with Gasteiger partial charge >= 0.3 is 0 Å². The Bertz CT molecular complexity index is 539. The maximum Gasteiger partial charge on any atom is 0.0702 e. The molecule has 2 aromatic rings. The summed E-state index contributed by atoms with van der Waals surface area (Å²) in [5.74, 6) is 0. The SMILES string of the molecule is CCCCCCCCc1ccc(-c2ccc(CCC)cn2)cc1. The van der Waals surface area contributed by atoms with Crippen LogP contribution in [0.15, 0.2) is 42.6 Å². The summed E-state index contributed by atoms with van der Waals surface area (Å²) in [6.45, 7) is 4.48. The number of aryl methyl sites for hydroxylation is 2. The standard InChI is InChI=1S/C22H31N/c1-3-5-6-7-8-9-11-19-12-15-21(16-13-19)22-17-14-20(10-4-2)18-23-22/h12-18H,3-11H2,1-2H3. The number of rotatable bonds is 10. The molecule has 1 nitrogen and oxygen atoms in total. The summed E-state index contributed by atoms with van der Waals surface area (Å²) in [5.41, 5.74) is 5.08. The van der Waals surface area contributed by atoms with E-state index in [1.54, 1.807) is 0 Å². The van der Waals surface area contributed by atoms with E-state index in [2.05, 4.69) is 55.2 Å². The first kappa shape index (κ1) is 17.7. The van der Waals surface area contributed by atoms with Crippen molar-refractivity contribution in [2.75, 3.05) is 0 Å². The molecular formula is C22H31N. The van der Waals surface area contributed by atoms with Gasteiger partial charge in [-0.2, -0.15) is 0 Å². The highest BCUT2D eigenvalue weighted by atomic mass is 14.7. The van der Waals surface area contributed by atoms with Crippen LogP contribution < -0.4 is 0 Å². The van der Waals surface area contributed by atoms with E-state index in [1.165, 1.54) is 68.1 Å². The van der Waals surface area contributed by atoms with Crippen LogP contribution in [-0.4, -0.2) is 4.98 Å². The second-order valence-electron chi connectivity index (χ2n) is 6.52. The van der Waals surface area contributed by atoms with E-state index in [0.717, 1.165) is 12.1 Å². The zero-order valence-electron chi connectivity index (χ0n) is 14.9. The lowest BCUT2D eigenvalue weighted by molar-refractivity contribution is 0.607. The highest BCUT2D eigenvalue weighted by Crippen LogP contribution is 2.19. The van der Waals surface area contributed by atoms with Gasteiger partial charge in [-0.15, -0.1) is 0 Å². The van der Waals surface area contributed by atoms with Crippen molar-refractivity contribution in [3.8, 4) is 11.3 Å². The van der Waals surface area contributed by atoms with Crippen molar-refractivity contribution in [3.63, 3.8) is 0 Å². The first-order valence-corrected chi connectivity index (χ1v) is 9.37. The van der Waals surface area contributed by atoms with E-state index >= 15 is 0 Å². The van der Waals surface area contributed by atoms with Gasteiger partial charge in [-0.25, -0.2) is 0 Å². The molecule has 124 valence electrons. The summed E-state index contributed by atoms with van der Waals surface area (Å²) in [7, 11) is 0. The molecule has 1 heteroatoms. The van der Waals surface area contributed by atoms with E-state index in [1.807, 2.05) is 6.20 Å². The van der Waals surface area contributed by atoms with Crippen molar-refractivity contribution >= 4 is 0 Å². The molecule has 0 fully saturated rings. The number of unbranched alkanes of at least 4 members (excludes halogenated alkanes) is 5. The van der Waals surface area contributed by atoms with E-state index in [4.69, 9.17) is 0 Å². The third-order valence-corrected chi connectivity index (χ3v) is 4.43. The van der Waals surface area contributed by atoms with Crippen LogP contribution in [0.5, 0.6) is 0 Å². The normalized spacial score (nSPS) is 10.9. The van der Waals surface area contributed by atoms with Gasteiger partial charge in [-0.1, -0.05) is 82.7 Å². The van der Waals surface area contributed by atoms with Gasteiger partial charge in [0.05, 0.1) is 5.69 Å². The second kappa shape index (κ2) is 10.2. The van der Waals surface area contributed by atoms with Crippen LogP contribution in [0.25, 0.3) is 11.3 Å². The summed E-state index contributed by atoms with van der Waals surface area (Å²) in [6, 6.07) is 13.3. The number of aromatic nitrogens is 1. The van der Waals surface area contributed by atoms with Crippen molar-refractivity contribution in [3.05, 3.63) is 53.7 Å². The van der Waals surface area contributed by atoms with E-state index in [9.17, 15) is 0 Å². The lowest BCUT2D eigenvalue weighted by Gasteiger charge is -2.05. The Morgan fingerprint density at radius 1 is 0.652 bits per heavy atom. The minimum absolute atomic E-state index is 1.08. The molecule has 0 saturated heterocycles. The maximum absolute atomic E-state index is 4.60. The Kier molecular flexibility index (Phi) is 7.86. The second-order valence-corrected chi connectivity index (χ2v) is 6.52. The zero-order valence-corrected chi connectivity index (χ0v) is 14.9. The van der Waals surface area contributed by atoms with Crippen LogP contribution in [0, 0.1) is 0 Å². The molecule has 0 aliphatic heterocycles. The third-order valence-electron chi connectivity index (χ3n) is 4.43. The van der Waals surface area contributed by atoms with Crippen LogP contribution >= 0.6 is 0 Å². The van der Waals surface area contributed by atoms with Gasteiger partial charge in [0.1, 0.15) is 0 Å². The predicted molar refractivity (Wildman–Crippen MR) is 101 cm³/mol. The largest absolute Gasteiger partial charge is 0.256 e. The van der Waals surface area contributed by atoms with Crippen LogP contribution in [-0.2, 0) is 12.8 Å². The monoisotopic (exact) mass is 309 g/mol. The van der Waals surface area contributed by atoms with Gasteiger partial charge in [-0.3, -0.25) is 4.98 Å². The molecule has 0 N–H and O–H groups in total. The molecule has 0 bridgehead atoms. The van der Waals surface area contributed by atoms with Gasteiger partial charge < -0.3 is 0 Å². The number of hydrogen-bond donors (Lipinski definition) is 0. The fourth-order valence-electron chi connectivity index (χ4n) is 2.98. The molecule has 0 radical (unpaired) electrons. The summed E-state index contributed by atoms with van der Waals surface area (Å²) in [5, 5.41) is 0. The van der Waals surface area contributed by atoms with Gasteiger partial charge in [0.2, 0.25) is 0 Å². The first-order valence-electron chi connectivity index (χ1n) is 9.37. The van der Waals surface area contributed by atoms with Crippen LogP contribution in [0.4, 0.5) is 0 Å². The topological polar surface area (TPSA) is 12.9 Å². The molecule has 0 aliphatic rings. The first-order chi connectivity index (χ1) is 11.3. The van der Waals surface area contributed by atoms with Crippen LogP contribution in [0.2, 0.25) is 0 Å². The van der Waals surface area contributed by atoms with E-state index in [-0.39, 0.29) is 0 Å². The Balaban J connectivity index is 1.81. The Hall–Kier alpha value is -1.63. The summed E-state index contributed by atoms with van der Waals surface area (Å²) < 4.78 is 0. The Morgan fingerprint density at radius 3 is 2.00 bits per heavy atom. The molecule has 0 saturated carbocycles. The number of hydrogen-bond acceptors (Lipinski definition) is 1. The molecule has 0 amide bonds. The number of pyridine rings is 1.